The topological polar surface area (TPSA) is 20.3 Å². The number of nitrogens with zero attached hydrogens (tertiary/aromatic N) is 1. The smallest absolute Gasteiger partial charge is 0.162 e. The molecule has 132 valence electrons. The highest BCUT2D eigenvalue weighted by Gasteiger charge is 2.32. The quantitative estimate of drug-likeness (QED) is 0.702. The van der Waals surface area contributed by atoms with Crippen molar-refractivity contribution >= 4 is 5.78 Å². The summed E-state index contributed by atoms with van der Waals surface area (Å²) in [5.41, 5.74) is 2.21. The number of halogens is 1. The van der Waals surface area contributed by atoms with Crippen molar-refractivity contribution in [2.75, 3.05) is 19.6 Å². The Balaban J connectivity index is 1.51. The van der Waals surface area contributed by atoms with Crippen molar-refractivity contribution in [1.82, 2.24) is 4.90 Å². The number of hydrogen-bond acceptors (Lipinski definition) is 2. The Morgan fingerprint density at radius 3 is 2.56 bits per heavy atom. The van der Waals surface area contributed by atoms with Crippen molar-refractivity contribution in [1.29, 1.82) is 0 Å². The first-order valence-corrected chi connectivity index (χ1v) is 9.13. The number of hydrogen-bond donors (Lipinski definition) is 0. The molecular formula is C22H26FNO. The Kier molecular flexibility index (Phi) is 5.64. The molecule has 0 aromatic heterocycles. The fourth-order valence-electron chi connectivity index (χ4n) is 3.85. The molecule has 2 aromatic carbocycles. The summed E-state index contributed by atoms with van der Waals surface area (Å²) in [5, 5.41) is 0. The number of likely N-dealkylation sites (tertiary alicyclic amines) is 1. The normalized spacial score (nSPS) is 21.2. The van der Waals surface area contributed by atoms with Crippen LogP contribution in [-0.2, 0) is 5.41 Å². The average molecular weight is 339 g/mol. The van der Waals surface area contributed by atoms with Gasteiger partial charge >= 0.3 is 0 Å². The van der Waals surface area contributed by atoms with Crippen LogP contribution in [0.25, 0.3) is 0 Å². The molecule has 1 aliphatic heterocycles. The van der Waals surface area contributed by atoms with E-state index in [-0.39, 0.29) is 17.0 Å². The zero-order chi connectivity index (χ0) is 17.7. The van der Waals surface area contributed by atoms with Gasteiger partial charge in [0.05, 0.1) is 0 Å². The van der Waals surface area contributed by atoms with Gasteiger partial charge in [0.1, 0.15) is 5.82 Å². The van der Waals surface area contributed by atoms with Crippen LogP contribution in [0.15, 0.2) is 54.6 Å². The molecule has 3 heteroatoms. The maximum absolute atomic E-state index is 12.9. The maximum atomic E-state index is 12.9. The molecule has 2 nitrogen and oxygen atoms in total. The molecule has 25 heavy (non-hydrogen) atoms. The van der Waals surface area contributed by atoms with Crippen LogP contribution in [0, 0.1) is 5.82 Å². The van der Waals surface area contributed by atoms with Crippen molar-refractivity contribution in [2.45, 2.75) is 38.0 Å². The van der Waals surface area contributed by atoms with E-state index in [0.717, 1.165) is 26.1 Å². The highest BCUT2D eigenvalue weighted by atomic mass is 19.1. The van der Waals surface area contributed by atoms with E-state index in [1.807, 2.05) is 0 Å². The van der Waals surface area contributed by atoms with E-state index < -0.39 is 0 Å². The van der Waals surface area contributed by atoms with Crippen molar-refractivity contribution < 1.29 is 9.18 Å². The largest absolute Gasteiger partial charge is 0.302 e. The van der Waals surface area contributed by atoms with Crippen molar-refractivity contribution in [3.8, 4) is 0 Å². The standard InChI is InChI=1S/C22H26FNO/c1-22(19-7-3-2-4-8-19)14-6-16-24(17-22)15-5-9-21(25)18-10-12-20(23)13-11-18/h2-4,7-8,10-13H,5-6,9,14-17H2,1H3. The second kappa shape index (κ2) is 7.92. The third-order valence-corrected chi connectivity index (χ3v) is 5.29. The average Bonchev–Trinajstić information content (AvgIpc) is 2.63. The molecule has 1 saturated heterocycles. The third-order valence-electron chi connectivity index (χ3n) is 5.29. The Bertz CT molecular complexity index is 698. The Morgan fingerprint density at radius 2 is 1.84 bits per heavy atom. The SMILES string of the molecule is CC1(c2ccccc2)CCCN(CCCC(=O)c2ccc(F)cc2)C1. The van der Waals surface area contributed by atoms with Gasteiger partial charge in [0.25, 0.3) is 0 Å². The van der Waals surface area contributed by atoms with E-state index in [0.29, 0.717) is 12.0 Å². The summed E-state index contributed by atoms with van der Waals surface area (Å²) >= 11 is 0. The van der Waals surface area contributed by atoms with Crippen LogP contribution in [0.3, 0.4) is 0 Å². The van der Waals surface area contributed by atoms with E-state index in [9.17, 15) is 9.18 Å². The molecule has 1 aliphatic rings. The van der Waals surface area contributed by atoms with E-state index in [4.69, 9.17) is 0 Å². The molecule has 1 atom stereocenters. The molecular weight excluding hydrogens is 313 g/mol. The minimum atomic E-state index is -0.301. The minimum Gasteiger partial charge on any atom is -0.302 e. The summed E-state index contributed by atoms with van der Waals surface area (Å²) in [5.74, 6) is -0.201. The zero-order valence-corrected chi connectivity index (χ0v) is 14.9. The maximum Gasteiger partial charge on any atom is 0.162 e. The first-order chi connectivity index (χ1) is 12.1. The van der Waals surface area contributed by atoms with Gasteiger partial charge in [0.15, 0.2) is 5.78 Å². The molecule has 0 amide bonds. The van der Waals surface area contributed by atoms with Gasteiger partial charge in [0.2, 0.25) is 0 Å². The van der Waals surface area contributed by atoms with E-state index in [2.05, 4.69) is 42.2 Å². The van der Waals surface area contributed by atoms with Crippen LogP contribution in [0.4, 0.5) is 4.39 Å². The Labute approximate surface area is 149 Å². The number of Topliss-reactive ketones (excluding diaryl/α,β-unsaturated/α-hetero) is 1. The van der Waals surface area contributed by atoms with Gasteiger partial charge in [-0.25, -0.2) is 4.39 Å². The fraction of sp³-hybridized carbons (Fsp3) is 0.409. The number of carbonyl (C=O) groups excluding carboxylic acids is 1. The third kappa shape index (κ3) is 4.55. The summed E-state index contributed by atoms with van der Waals surface area (Å²) < 4.78 is 12.9. The van der Waals surface area contributed by atoms with Crippen LogP contribution >= 0.6 is 0 Å². The fourth-order valence-corrected chi connectivity index (χ4v) is 3.85. The van der Waals surface area contributed by atoms with Crippen molar-refractivity contribution in [2.24, 2.45) is 0 Å². The lowest BCUT2D eigenvalue weighted by atomic mass is 9.76. The first-order valence-electron chi connectivity index (χ1n) is 9.13. The van der Waals surface area contributed by atoms with Gasteiger partial charge in [-0.3, -0.25) is 4.79 Å². The molecule has 2 aromatic rings. The van der Waals surface area contributed by atoms with E-state index in [1.54, 1.807) is 12.1 Å². The van der Waals surface area contributed by atoms with Crippen LogP contribution in [0.2, 0.25) is 0 Å². The van der Waals surface area contributed by atoms with Crippen LogP contribution in [0.1, 0.15) is 48.5 Å². The summed E-state index contributed by atoms with van der Waals surface area (Å²) in [6.07, 6.45) is 3.77. The van der Waals surface area contributed by atoms with Crippen LogP contribution in [0.5, 0.6) is 0 Å². The summed E-state index contributed by atoms with van der Waals surface area (Å²) in [7, 11) is 0. The molecule has 1 heterocycles. The van der Waals surface area contributed by atoms with Gasteiger partial charge in [0, 0.05) is 23.9 Å². The Hall–Kier alpha value is -2.00. The van der Waals surface area contributed by atoms with E-state index >= 15 is 0 Å². The predicted molar refractivity (Wildman–Crippen MR) is 99.4 cm³/mol. The molecule has 0 aliphatic carbocycles. The molecule has 0 saturated carbocycles. The number of benzene rings is 2. The zero-order valence-electron chi connectivity index (χ0n) is 14.9. The molecule has 0 N–H and O–H groups in total. The second-order valence-electron chi connectivity index (χ2n) is 7.34. The van der Waals surface area contributed by atoms with Crippen LogP contribution in [-0.4, -0.2) is 30.3 Å². The lowest BCUT2D eigenvalue weighted by Crippen LogP contribution is -2.44. The van der Waals surface area contributed by atoms with Gasteiger partial charge < -0.3 is 4.90 Å². The summed E-state index contributed by atoms with van der Waals surface area (Å²) in [6.45, 7) is 5.43. The van der Waals surface area contributed by atoms with Gasteiger partial charge in [-0.15, -0.1) is 0 Å². The molecule has 1 fully saturated rings. The lowest BCUT2D eigenvalue weighted by Gasteiger charge is -2.41. The number of rotatable bonds is 6. The molecule has 1 unspecified atom stereocenters. The van der Waals surface area contributed by atoms with E-state index in [1.165, 1.54) is 30.5 Å². The van der Waals surface area contributed by atoms with Crippen LogP contribution < -0.4 is 0 Å². The molecule has 0 bridgehead atoms. The number of ketones is 1. The van der Waals surface area contributed by atoms with Crippen molar-refractivity contribution in [3.63, 3.8) is 0 Å². The predicted octanol–water partition coefficient (Wildman–Crippen LogP) is 4.84. The monoisotopic (exact) mass is 339 g/mol. The number of carbonyl (C=O) groups is 1. The molecule has 0 spiro atoms. The van der Waals surface area contributed by atoms with Gasteiger partial charge in [-0.1, -0.05) is 37.3 Å². The molecule has 0 radical (unpaired) electrons. The highest BCUT2D eigenvalue weighted by Crippen LogP contribution is 2.33. The second-order valence-corrected chi connectivity index (χ2v) is 7.34. The Morgan fingerprint density at radius 1 is 1.12 bits per heavy atom. The first kappa shape index (κ1) is 17.8. The lowest BCUT2D eigenvalue weighted by molar-refractivity contribution is 0.0966. The molecule has 3 rings (SSSR count). The summed E-state index contributed by atoms with van der Waals surface area (Å²) in [6, 6.07) is 16.6. The summed E-state index contributed by atoms with van der Waals surface area (Å²) in [4.78, 5) is 14.7. The minimum absolute atomic E-state index is 0.0998. The highest BCUT2D eigenvalue weighted by molar-refractivity contribution is 5.95. The number of piperidine rings is 1. The van der Waals surface area contributed by atoms with Gasteiger partial charge in [-0.2, -0.15) is 0 Å². The van der Waals surface area contributed by atoms with Gasteiger partial charge in [-0.05, 0) is 62.2 Å². The van der Waals surface area contributed by atoms with Crippen molar-refractivity contribution in [3.05, 3.63) is 71.5 Å².